The number of ether oxygens (including phenoxy) is 1. The molecule has 5 heteroatoms. The van der Waals surface area contributed by atoms with Gasteiger partial charge in [-0.25, -0.2) is 0 Å². The number of para-hydroxylation sites is 2. The number of aryl methyl sites for hydroxylation is 2. The summed E-state index contributed by atoms with van der Waals surface area (Å²) in [5.41, 5.74) is 3.35. The van der Waals surface area contributed by atoms with Crippen molar-refractivity contribution in [1.29, 1.82) is 0 Å². The summed E-state index contributed by atoms with van der Waals surface area (Å²) in [4.78, 5) is 26.7. The number of fused-ring (bicyclic) bond motifs is 1. The molecule has 2 amide bonds. The number of rotatable bonds is 2. The molecule has 2 aromatic rings. The van der Waals surface area contributed by atoms with Gasteiger partial charge in [0.05, 0.1) is 12.2 Å². The molecule has 124 valence electrons. The van der Waals surface area contributed by atoms with Crippen LogP contribution in [-0.4, -0.2) is 31.5 Å². The molecular formula is C19H20N2O3. The lowest BCUT2D eigenvalue weighted by atomic mass is 10.0. The standard InChI is InChI=1S/C19H20N2O3/c1-12-8-13(2)10-14(9-12)19(23)21-11-17(18(22)20-3)24-16-7-5-4-6-15(16)21/h4-10,17H,11H2,1-3H3,(H,20,22)/t17-/m1/s1. The van der Waals surface area contributed by atoms with Crippen molar-refractivity contribution >= 4 is 17.5 Å². The molecule has 1 atom stereocenters. The lowest BCUT2D eigenvalue weighted by molar-refractivity contribution is -0.127. The first-order valence-electron chi connectivity index (χ1n) is 7.87. The lowest BCUT2D eigenvalue weighted by Gasteiger charge is -2.34. The van der Waals surface area contributed by atoms with Gasteiger partial charge in [-0.05, 0) is 38.1 Å². The summed E-state index contributed by atoms with van der Waals surface area (Å²) < 4.78 is 5.74. The first kappa shape index (κ1) is 16.1. The van der Waals surface area contributed by atoms with Crippen molar-refractivity contribution in [2.24, 2.45) is 0 Å². The van der Waals surface area contributed by atoms with Crippen molar-refractivity contribution in [2.75, 3.05) is 18.5 Å². The van der Waals surface area contributed by atoms with Crippen LogP contribution in [0.5, 0.6) is 5.75 Å². The molecule has 1 aliphatic rings. The van der Waals surface area contributed by atoms with E-state index in [0.717, 1.165) is 11.1 Å². The molecule has 0 bridgehead atoms. The van der Waals surface area contributed by atoms with E-state index in [1.165, 1.54) is 0 Å². The summed E-state index contributed by atoms with van der Waals surface area (Å²) >= 11 is 0. The minimum atomic E-state index is -0.722. The molecule has 5 nitrogen and oxygen atoms in total. The highest BCUT2D eigenvalue weighted by Gasteiger charge is 2.33. The molecule has 0 saturated heterocycles. The van der Waals surface area contributed by atoms with E-state index in [9.17, 15) is 9.59 Å². The Hall–Kier alpha value is -2.82. The maximum absolute atomic E-state index is 13.1. The molecule has 3 rings (SSSR count). The van der Waals surface area contributed by atoms with E-state index in [1.807, 2.05) is 50.2 Å². The molecule has 0 saturated carbocycles. The second-order valence-electron chi connectivity index (χ2n) is 5.98. The molecule has 2 aromatic carbocycles. The highest BCUT2D eigenvalue weighted by atomic mass is 16.5. The monoisotopic (exact) mass is 324 g/mol. The molecule has 0 aromatic heterocycles. The SMILES string of the molecule is CNC(=O)[C@H]1CN(C(=O)c2cc(C)cc(C)c2)c2ccccc2O1. The summed E-state index contributed by atoms with van der Waals surface area (Å²) in [7, 11) is 1.56. The quantitative estimate of drug-likeness (QED) is 0.923. The van der Waals surface area contributed by atoms with Crippen LogP contribution < -0.4 is 15.0 Å². The van der Waals surface area contributed by atoms with Gasteiger partial charge < -0.3 is 15.0 Å². The lowest BCUT2D eigenvalue weighted by Crippen LogP contribution is -2.50. The summed E-state index contributed by atoms with van der Waals surface area (Å²) in [6, 6.07) is 13.0. The zero-order chi connectivity index (χ0) is 17.3. The van der Waals surface area contributed by atoms with Gasteiger partial charge >= 0.3 is 0 Å². The number of likely N-dealkylation sites (N-methyl/N-ethyl adjacent to an activating group) is 1. The Morgan fingerprint density at radius 1 is 1.12 bits per heavy atom. The maximum atomic E-state index is 13.1. The zero-order valence-corrected chi connectivity index (χ0v) is 14.0. The smallest absolute Gasteiger partial charge is 0.262 e. The van der Waals surface area contributed by atoms with Crippen molar-refractivity contribution in [2.45, 2.75) is 20.0 Å². The number of hydrogen-bond acceptors (Lipinski definition) is 3. The van der Waals surface area contributed by atoms with Crippen molar-refractivity contribution in [3.8, 4) is 5.75 Å². The highest BCUT2D eigenvalue weighted by molar-refractivity contribution is 6.08. The van der Waals surface area contributed by atoms with Crippen LogP contribution in [0.1, 0.15) is 21.5 Å². The predicted molar refractivity (Wildman–Crippen MR) is 92.5 cm³/mol. The Morgan fingerprint density at radius 3 is 2.46 bits per heavy atom. The largest absolute Gasteiger partial charge is 0.477 e. The molecule has 1 N–H and O–H groups in total. The van der Waals surface area contributed by atoms with Gasteiger partial charge in [0.2, 0.25) is 0 Å². The predicted octanol–water partition coefficient (Wildman–Crippen LogP) is 2.46. The normalized spacial score (nSPS) is 16.1. The van der Waals surface area contributed by atoms with E-state index in [4.69, 9.17) is 4.74 Å². The van der Waals surface area contributed by atoms with Gasteiger partial charge in [-0.2, -0.15) is 0 Å². The number of carbonyl (C=O) groups excluding carboxylic acids is 2. The third-order valence-corrected chi connectivity index (χ3v) is 4.03. The Bertz CT molecular complexity index is 781. The third-order valence-electron chi connectivity index (χ3n) is 4.03. The van der Waals surface area contributed by atoms with E-state index in [1.54, 1.807) is 18.0 Å². The fraction of sp³-hybridized carbons (Fsp3) is 0.263. The van der Waals surface area contributed by atoms with Gasteiger partial charge in [-0.1, -0.05) is 29.3 Å². The molecule has 1 heterocycles. The molecule has 0 spiro atoms. The number of benzene rings is 2. The minimum Gasteiger partial charge on any atom is -0.477 e. The number of carbonyl (C=O) groups is 2. The highest BCUT2D eigenvalue weighted by Crippen LogP contribution is 2.34. The van der Waals surface area contributed by atoms with E-state index in [-0.39, 0.29) is 18.4 Å². The summed E-state index contributed by atoms with van der Waals surface area (Å²) in [6.45, 7) is 4.11. The molecule has 1 aliphatic heterocycles. The van der Waals surface area contributed by atoms with Gasteiger partial charge in [0.25, 0.3) is 11.8 Å². The fourth-order valence-electron chi connectivity index (χ4n) is 2.98. The number of nitrogens with one attached hydrogen (secondary N) is 1. The first-order chi connectivity index (χ1) is 11.5. The molecule has 0 aliphatic carbocycles. The Kier molecular flexibility index (Phi) is 4.25. The van der Waals surface area contributed by atoms with Crippen LogP contribution in [-0.2, 0) is 4.79 Å². The van der Waals surface area contributed by atoms with Crippen LogP contribution in [0.2, 0.25) is 0 Å². The van der Waals surface area contributed by atoms with Crippen molar-refractivity contribution in [3.05, 3.63) is 59.2 Å². The minimum absolute atomic E-state index is 0.133. The topological polar surface area (TPSA) is 58.6 Å². The number of amides is 2. The number of anilines is 1. The van der Waals surface area contributed by atoms with E-state index in [0.29, 0.717) is 17.0 Å². The van der Waals surface area contributed by atoms with Crippen LogP contribution >= 0.6 is 0 Å². The second-order valence-corrected chi connectivity index (χ2v) is 5.98. The molecule has 0 fully saturated rings. The average Bonchev–Trinajstić information content (AvgIpc) is 2.58. The van der Waals surface area contributed by atoms with Gasteiger partial charge in [-0.3, -0.25) is 9.59 Å². The Labute approximate surface area is 141 Å². The van der Waals surface area contributed by atoms with E-state index >= 15 is 0 Å². The van der Waals surface area contributed by atoms with Gasteiger partial charge in [0.1, 0.15) is 5.75 Å². The van der Waals surface area contributed by atoms with Crippen LogP contribution in [0.3, 0.4) is 0 Å². The molecule has 0 unspecified atom stereocenters. The Morgan fingerprint density at radius 2 is 1.79 bits per heavy atom. The number of hydrogen-bond donors (Lipinski definition) is 1. The van der Waals surface area contributed by atoms with Gasteiger partial charge in [0, 0.05) is 12.6 Å². The van der Waals surface area contributed by atoms with Crippen molar-refractivity contribution < 1.29 is 14.3 Å². The van der Waals surface area contributed by atoms with Gasteiger partial charge in [-0.15, -0.1) is 0 Å². The first-order valence-corrected chi connectivity index (χ1v) is 7.87. The zero-order valence-electron chi connectivity index (χ0n) is 14.0. The number of nitrogens with zero attached hydrogens (tertiary/aromatic N) is 1. The second kappa shape index (κ2) is 6.35. The van der Waals surface area contributed by atoms with E-state index in [2.05, 4.69) is 5.32 Å². The summed E-state index contributed by atoms with van der Waals surface area (Å²) in [6.07, 6.45) is -0.722. The van der Waals surface area contributed by atoms with Crippen molar-refractivity contribution in [1.82, 2.24) is 5.32 Å². The maximum Gasteiger partial charge on any atom is 0.262 e. The summed E-state index contributed by atoms with van der Waals surface area (Å²) in [5.74, 6) is 0.157. The molecule has 24 heavy (non-hydrogen) atoms. The Balaban J connectivity index is 2.01. The third kappa shape index (κ3) is 2.97. The molecule has 0 radical (unpaired) electrons. The fourth-order valence-corrected chi connectivity index (χ4v) is 2.98. The van der Waals surface area contributed by atoms with Gasteiger partial charge in [0.15, 0.2) is 6.10 Å². The average molecular weight is 324 g/mol. The van der Waals surface area contributed by atoms with Crippen LogP contribution in [0.25, 0.3) is 0 Å². The van der Waals surface area contributed by atoms with E-state index < -0.39 is 6.10 Å². The van der Waals surface area contributed by atoms with Crippen LogP contribution in [0, 0.1) is 13.8 Å². The van der Waals surface area contributed by atoms with Crippen molar-refractivity contribution in [3.63, 3.8) is 0 Å². The van der Waals surface area contributed by atoms with Crippen LogP contribution in [0.15, 0.2) is 42.5 Å². The molecular weight excluding hydrogens is 304 g/mol. The summed E-state index contributed by atoms with van der Waals surface area (Å²) in [5, 5.41) is 2.58. The van der Waals surface area contributed by atoms with Crippen LogP contribution in [0.4, 0.5) is 5.69 Å².